The van der Waals surface area contributed by atoms with Crippen LogP contribution < -0.4 is 0 Å². The van der Waals surface area contributed by atoms with E-state index in [2.05, 4.69) is 51.1 Å². The molecule has 0 aliphatic carbocycles. The van der Waals surface area contributed by atoms with E-state index in [9.17, 15) is 9.90 Å². The summed E-state index contributed by atoms with van der Waals surface area (Å²) in [6.45, 7) is 8.49. The van der Waals surface area contributed by atoms with Crippen LogP contribution in [0.2, 0.25) is 0 Å². The van der Waals surface area contributed by atoms with Crippen LogP contribution in [0.15, 0.2) is 94.4 Å². The molecule has 1 atom stereocenters. The number of carbonyl (C=O) groups excluding carboxylic acids is 1. The fourth-order valence-corrected chi connectivity index (χ4v) is 5.71. The number of benzene rings is 3. The first-order valence-electron chi connectivity index (χ1n) is 11.7. The molecule has 0 aromatic heterocycles. The Bertz CT molecular complexity index is 1190. The Labute approximate surface area is 206 Å². The van der Waals surface area contributed by atoms with E-state index in [0.717, 1.165) is 28.0 Å². The molecule has 1 aliphatic rings. The summed E-state index contributed by atoms with van der Waals surface area (Å²) in [5, 5.41) is 11.2. The van der Waals surface area contributed by atoms with Crippen molar-refractivity contribution in [2.24, 2.45) is 0 Å². The summed E-state index contributed by atoms with van der Waals surface area (Å²) in [7, 11) is 0. The zero-order chi connectivity index (χ0) is 24.3. The highest BCUT2D eigenvalue weighted by Gasteiger charge is 2.43. The maximum absolute atomic E-state index is 13.4. The third-order valence-electron chi connectivity index (χ3n) is 6.31. The van der Waals surface area contributed by atoms with Crippen molar-refractivity contribution in [2.45, 2.75) is 62.9 Å². The third-order valence-corrected chi connectivity index (χ3v) is 7.47. The second-order valence-electron chi connectivity index (χ2n) is 10.0. The Morgan fingerprint density at radius 3 is 2.24 bits per heavy atom. The molecule has 4 heteroatoms. The fraction of sp³-hybridized carbons (Fsp3) is 0.300. The van der Waals surface area contributed by atoms with Crippen molar-refractivity contribution < 1.29 is 14.6 Å². The molecule has 1 N–H and O–H groups in total. The maximum atomic E-state index is 13.4. The molecule has 0 bridgehead atoms. The molecule has 3 aromatic carbocycles. The molecule has 0 saturated heterocycles. The zero-order valence-electron chi connectivity index (χ0n) is 20.3. The van der Waals surface area contributed by atoms with Gasteiger partial charge in [0.2, 0.25) is 0 Å². The summed E-state index contributed by atoms with van der Waals surface area (Å²) in [5.74, 6) is -0.369. The predicted molar refractivity (Wildman–Crippen MR) is 139 cm³/mol. The van der Waals surface area contributed by atoms with Gasteiger partial charge in [0.05, 0.1) is 6.42 Å². The highest BCUT2D eigenvalue weighted by Crippen LogP contribution is 2.46. The average molecular weight is 473 g/mol. The van der Waals surface area contributed by atoms with Gasteiger partial charge in [0, 0.05) is 4.90 Å². The van der Waals surface area contributed by atoms with E-state index in [1.807, 2.05) is 55.5 Å². The SMILES string of the molecule is Cc1ccc(C(C)(C)C)c(SC2=C(O)CC(CCc3ccccc3)(c3ccccc3)OC2=O)c1. The lowest BCUT2D eigenvalue weighted by molar-refractivity contribution is -0.160. The number of aryl methyl sites for hydroxylation is 2. The van der Waals surface area contributed by atoms with Gasteiger partial charge in [0.25, 0.3) is 0 Å². The Kier molecular flexibility index (Phi) is 6.90. The van der Waals surface area contributed by atoms with E-state index in [-0.39, 0.29) is 22.5 Å². The first kappa shape index (κ1) is 24.2. The lowest BCUT2D eigenvalue weighted by Crippen LogP contribution is -2.38. The Morgan fingerprint density at radius 2 is 1.62 bits per heavy atom. The number of aliphatic hydroxyl groups is 1. The number of aliphatic hydroxyl groups excluding tert-OH is 1. The summed E-state index contributed by atoms with van der Waals surface area (Å²) < 4.78 is 6.22. The molecular formula is C30H32O3S. The topological polar surface area (TPSA) is 46.5 Å². The van der Waals surface area contributed by atoms with E-state index in [1.54, 1.807) is 0 Å². The van der Waals surface area contributed by atoms with E-state index < -0.39 is 11.6 Å². The fourth-order valence-electron chi connectivity index (χ4n) is 4.45. The lowest BCUT2D eigenvalue weighted by Gasteiger charge is -2.38. The number of ether oxygens (including phenoxy) is 1. The normalized spacial score (nSPS) is 18.6. The summed E-state index contributed by atoms with van der Waals surface area (Å²) >= 11 is 1.31. The Morgan fingerprint density at radius 1 is 0.971 bits per heavy atom. The van der Waals surface area contributed by atoms with Crippen LogP contribution in [0.25, 0.3) is 0 Å². The van der Waals surface area contributed by atoms with Crippen molar-refractivity contribution in [3.63, 3.8) is 0 Å². The van der Waals surface area contributed by atoms with Gasteiger partial charge in [-0.3, -0.25) is 0 Å². The standard InChI is InChI=1S/C30H32O3S/c1-21-15-16-24(29(2,3)4)26(19-21)34-27-25(31)20-30(33-28(27)32,23-13-9-6-10-14-23)18-17-22-11-7-5-8-12-22/h5-16,19,31H,17-18,20H2,1-4H3. The molecular weight excluding hydrogens is 440 g/mol. The maximum Gasteiger partial charge on any atom is 0.349 e. The van der Waals surface area contributed by atoms with Gasteiger partial charge in [-0.2, -0.15) is 0 Å². The van der Waals surface area contributed by atoms with E-state index in [1.165, 1.54) is 17.3 Å². The van der Waals surface area contributed by atoms with Crippen molar-refractivity contribution in [2.75, 3.05) is 0 Å². The van der Waals surface area contributed by atoms with Gasteiger partial charge >= 0.3 is 5.97 Å². The van der Waals surface area contributed by atoms with Crippen molar-refractivity contribution in [3.8, 4) is 0 Å². The summed E-state index contributed by atoms with van der Waals surface area (Å²) in [6, 6.07) is 26.2. The molecule has 1 heterocycles. The van der Waals surface area contributed by atoms with Crippen LogP contribution in [0, 0.1) is 6.92 Å². The number of hydrogen-bond acceptors (Lipinski definition) is 4. The van der Waals surface area contributed by atoms with Crippen molar-refractivity contribution in [1.82, 2.24) is 0 Å². The number of esters is 1. The molecule has 1 aliphatic heterocycles. The molecule has 0 saturated carbocycles. The van der Waals surface area contributed by atoms with Crippen LogP contribution in [0.1, 0.15) is 55.9 Å². The summed E-state index contributed by atoms with van der Waals surface area (Å²) in [6.07, 6.45) is 1.59. The number of carbonyl (C=O) groups is 1. The lowest BCUT2D eigenvalue weighted by atomic mass is 9.82. The van der Waals surface area contributed by atoms with Crippen molar-refractivity contribution in [3.05, 3.63) is 112 Å². The van der Waals surface area contributed by atoms with Crippen LogP contribution in [-0.4, -0.2) is 11.1 Å². The number of cyclic esters (lactones) is 1. The molecule has 0 amide bonds. The van der Waals surface area contributed by atoms with Crippen LogP contribution in [-0.2, 0) is 27.0 Å². The van der Waals surface area contributed by atoms with Gasteiger partial charge in [0.1, 0.15) is 16.3 Å². The summed E-state index contributed by atoms with van der Waals surface area (Å²) in [4.78, 5) is 14.6. The molecule has 34 heavy (non-hydrogen) atoms. The molecule has 176 valence electrons. The third kappa shape index (κ3) is 5.23. The monoisotopic (exact) mass is 472 g/mol. The number of thioether (sulfide) groups is 1. The first-order chi connectivity index (χ1) is 16.2. The highest BCUT2D eigenvalue weighted by molar-refractivity contribution is 8.04. The molecule has 1 unspecified atom stereocenters. The van der Waals surface area contributed by atoms with Gasteiger partial charge in [-0.15, -0.1) is 0 Å². The molecule has 3 aromatic rings. The quantitative estimate of drug-likeness (QED) is 0.375. The average Bonchev–Trinajstić information content (AvgIpc) is 2.81. The summed E-state index contributed by atoms with van der Waals surface area (Å²) in [5.41, 5.74) is 3.34. The minimum Gasteiger partial charge on any atom is -0.511 e. The van der Waals surface area contributed by atoms with Crippen molar-refractivity contribution >= 4 is 17.7 Å². The smallest absolute Gasteiger partial charge is 0.349 e. The second-order valence-corrected chi connectivity index (χ2v) is 11.1. The zero-order valence-corrected chi connectivity index (χ0v) is 21.1. The second kappa shape index (κ2) is 9.71. The highest BCUT2D eigenvalue weighted by atomic mass is 32.2. The number of rotatable bonds is 6. The van der Waals surface area contributed by atoms with Crippen LogP contribution in [0.4, 0.5) is 0 Å². The Balaban J connectivity index is 1.69. The van der Waals surface area contributed by atoms with Crippen LogP contribution in [0.5, 0.6) is 0 Å². The van der Waals surface area contributed by atoms with Gasteiger partial charge in [-0.05, 0) is 53.5 Å². The van der Waals surface area contributed by atoms with E-state index in [0.29, 0.717) is 6.42 Å². The molecule has 0 spiro atoms. The van der Waals surface area contributed by atoms with Crippen LogP contribution in [0.3, 0.4) is 0 Å². The van der Waals surface area contributed by atoms with E-state index >= 15 is 0 Å². The van der Waals surface area contributed by atoms with Crippen molar-refractivity contribution in [1.29, 1.82) is 0 Å². The first-order valence-corrected chi connectivity index (χ1v) is 12.5. The molecule has 3 nitrogen and oxygen atoms in total. The predicted octanol–water partition coefficient (Wildman–Crippen LogP) is 7.63. The van der Waals surface area contributed by atoms with Gasteiger partial charge in [0.15, 0.2) is 0 Å². The minimum absolute atomic E-state index is 0.0890. The minimum atomic E-state index is -0.901. The van der Waals surface area contributed by atoms with Crippen LogP contribution >= 0.6 is 11.8 Å². The molecule has 4 rings (SSSR count). The van der Waals surface area contributed by atoms with Gasteiger partial charge < -0.3 is 9.84 Å². The largest absolute Gasteiger partial charge is 0.511 e. The van der Waals surface area contributed by atoms with Gasteiger partial charge in [-0.1, -0.05) is 105 Å². The molecule has 0 radical (unpaired) electrons. The number of hydrogen-bond donors (Lipinski definition) is 1. The Hall–Kier alpha value is -2.98. The molecule has 0 fully saturated rings. The van der Waals surface area contributed by atoms with Gasteiger partial charge in [-0.25, -0.2) is 4.79 Å². The van der Waals surface area contributed by atoms with E-state index in [4.69, 9.17) is 4.74 Å².